The second-order valence-electron chi connectivity index (χ2n) is 3.10. The van der Waals surface area contributed by atoms with Crippen LogP contribution in [0.1, 0.15) is 32.7 Å². The number of aromatic amines is 1. The van der Waals surface area contributed by atoms with Gasteiger partial charge in [-0.3, -0.25) is 14.3 Å². The smallest absolute Gasteiger partial charge is 0.298 e. The third-order valence-electron chi connectivity index (χ3n) is 2.24. The lowest BCUT2D eigenvalue weighted by molar-refractivity contribution is 0.439. The van der Waals surface area contributed by atoms with Gasteiger partial charge < -0.3 is 0 Å². The quantitative estimate of drug-likeness (QED) is 0.780. The van der Waals surface area contributed by atoms with E-state index in [0.717, 1.165) is 12.8 Å². The molecular weight excluding hydrogens is 204 g/mol. The Balaban J connectivity index is 3.34. The molecule has 0 aliphatic heterocycles. The molecule has 0 saturated carbocycles. The summed E-state index contributed by atoms with van der Waals surface area (Å²) in [7, 11) is 0. The Morgan fingerprint density at radius 3 is 2.43 bits per heavy atom. The molecule has 0 amide bonds. The molecule has 1 rings (SSSR count). The maximum atomic E-state index is 11.5. The third-order valence-corrected chi connectivity index (χ3v) is 2.44. The first-order valence-corrected chi connectivity index (χ1v) is 4.99. The van der Waals surface area contributed by atoms with E-state index in [0.29, 0.717) is 0 Å². The first-order valence-electron chi connectivity index (χ1n) is 4.61. The highest BCUT2D eigenvalue weighted by Gasteiger charge is 2.11. The number of aromatic nitrogens is 2. The summed E-state index contributed by atoms with van der Waals surface area (Å²) >= 11 is 5.54. The van der Waals surface area contributed by atoms with Crippen molar-refractivity contribution in [3.63, 3.8) is 0 Å². The first kappa shape index (κ1) is 11.0. The predicted octanol–water partition coefficient (Wildman–Crippen LogP) is 1.55. The van der Waals surface area contributed by atoms with E-state index in [1.807, 2.05) is 13.8 Å². The molecule has 4 nitrogen and oxygen atoms in total. The Kier molecular flexibility index (Phi) is 3.52. The highest BCUT2D eigenvalue weighted by Crippen LogP contribution is 2.10. The molecule has 0 aromatic carbocycles. The molecule has 0 aliphatic carbocycles. The molecule has 0 fully saturated rings. The van der Waals surface area contributed by atoms with Crippen molar-refractivity contribution in [1.82, 2.24) is 9.55 Å². The van der Waals surface area contributed by atoms with E-state index in [4.69, 9.17) is 11.6 Å². The number of H-pyrrole nitrogens is 1. The molecule has 0 bridgehead atoms. The predicted molar refractivity (Wildman–Crippen MR) is 56.0 cm³/mol. The van der Waals surface area contributed by atoms with Crippen molar-refractivity contribution in [3.05, 3.63) is 32.1 Å². The molecule has 0 aliphatic rings. The zero-order valence-electron chi connectivity index (χ0n) is 8.21. The molecule has 0 unspecified atom stereocenters. The number of hydrogen-bond donors (Lipinski definition) is 1. The van der Waals surface area contributed by atoms with Gasteiger partial charge in [0.1, 0.15) is 5.15 Å². The molecule has 0 radical (unpaired) electrons. The molecule has 78 valence electrons. The summed E-state index contributed by atoms with van der Waals surface area (Å²) < 4.78 is 1.21. The zero-order chi connectivity index (χ0) is 10.7. The van der Waals surface area contributed by atoms with Gasteiger partial charge in [-0.25, -0.2) is 4.79 Å². The average Bonchev–Trinajstić information content (AvgIpc) is 2.10. The SMILES string of the molecule is CCC(CC)n1c(=O)cc(Cl)[nH]c1=O. The summed E-state index contributed by atoms with van der Waals surface area (Å²) in [4.78, 5) is 25.3. The van der Waals surface area contributed by atoms with E-state index in [1.165, 1.54) is 10.6 Å². The van der Waals surface area contributed by atoms with Crippen LogP contribution in [0.15, 0.2) is 15.7 Å². The number of nitrogens with one attached hydrogen (secondary N) is 1. The Hall–Kier alpha value is -1.03. The number of halogens is 1. The van der Waals surface area contributed by atoms with Crippen molar-refractivity contribution in [3.8, 4) is 0 Å². The lowest BCUT2D eigenvalue weighted by Crippen LogP contribution is -2.37. The summed E-state index contributed by atoms with van der Waals surface area (Å²) in [6.45, 7) is 3.88. The van der Waals surface area contributed by atoms with Gasteiger partial charge in [0.05, 0.1) is 0 Å². The fourth-order valence-corrected chi connectivity index (χ4v) is 1.65. The van der Waals surface area contributed by atoms with Crippen LogP contribution in [0.25, 0.3) is 0 Å². The second kappa shape index (κ2) is 4.46. The van der Waals surface area contributed by atoms with Crippen LogP contribution < -0.4 is 11.2 Å². The molecular formula is C9H13ClN2O2. The van der Waals surface area contributed by atoms with Crippen LogP contribution in [0, 0.1) is 0 Å². The number of hydrogen-bond acceptors (Lipinski definition) is 2. The minimum Gasteiger partial charge on any atom is -0.298 e. The first-order chi connectivity index (χ1) is 6.60. The molecule has 0 saturated heterocycles. The van der Waals surface area contributed by atoms with Crippen molar-refractivity contribution in [2.24, 2.45) is 0 Å². The van der Waals surface area contributed by atoms with Crippen LogP contribution in [0.5, 0.6) is 0 Å². The highest BCUT2D eigenvalue weighted by atomic mass is 35.5. The fourth-order valence-electron chi connectivity index (χ4n) is 1.48. The fraction of sp³-hybridized carbons (Fsp3) is 0.556. The molecule has 0 spiro atoms. The van der Waals surface area contributed by atoms with Crippen LogP contribution in [0.4, 0.5) is 0 Å². The normalized spacial score (nSPS) is 10.9. The van der Waals surface area contributed by atoms with Gasteiger partial charge in [-0.05, 0) is 12.8 Å². The maximum Gasteiger partial charge on any atom is 0.329 e. The van der Waals surface area contributed by atoms with Crippen molar-refractivity contribution in [1.29, 1.82) is 0 Å². The topological polar surface area (TPSA) is 54.9 Å². The Morgan fingerprint density at radius 1 is 1.43 bits per heavy atom. The van der Waals surface area contributed by atoms with E-state index >= 15 is 0 Å². The zero-order valence-corrected chi connectivity index (χ0v) is 8.97. The molecule has 1 aromatic heterocycles. The standard InChI is InChI=1S/C9H13ClN2O2/c1-3-6(4-2)12-8(13)5-7(10)11-9(12)14/h5-6H,3-4H2,1-2H3,(H,11,14). The summed E-state index contributed by atoms with van der Waals surface area (Å²) in [6.07, 6.45) is 1.50. The molecule has 0 atom stereocenters. The van der Waals surface area contributed by atoms with Gasteiger partial charge in [-0.1, -0.05) is 25.4 Å². The van der Waals surface area contributed by atoms with Crippen LogP contribution in [-0.4, -0.2) is 9.55 Å². The van der Waals surface area contributed by atoms with Crippen molar-refractivity contribution < 1.29 is 0 Å². The van der Waals surface area contributed by atoms with Gasteiger partial charge in [-0.2, -0.15) is 0 Å². The van der Waals surface area contributed by atoms with Crippen LogP contribution in [0.3, 0.4) is 0 Å². The van der Waals surface area contributed by atoms with Crippen molar-refractivity contribution >= 4 is 11.6 Å². The van der Waals surface area contributed by atoms with Gasteiger partial charge in [-0.15, -0.1) is 0 Å². The summed E-state index contributed by atoms with van der Waals surface area (Å²) in [6, 6.07) is 1.17. The number of nitrogens with zero attached hydrogens (tertiary/aromatic N) is 1. The minimum atomic E-state index is -0.434. The van der Waals surface area contributed by atoms with Gasteiger partial charge in [0, 0.05) is 12.1 Å². The average molecular weight is 217 g/mol. The van der Waals surface area contributed by atoms with Crippen LogP contribution in [-0.2, 0) is 0 Å². The Bertz CT molecular complexity index is 386. The summed E-state index contributed by atoms with van der Waals surface area (Å²) in [5, 5.41) is 0.0854. The van der Waals surface area contributed by atoms with Gasteiger partial charge in [0.2, 0.25) is 0 Å². The van der Waals surface area contributed by atoms with E-state index in [1.54, 1.807) is 0 Å². The van der Waals surface area contributed by atoms with E-state index in [9.17, 15) is 9.59 Å². The molecule has 5 heteroatoms. The van der Waals surface area contributed by atoms with Gasteiger partial charge in [0.15, 0.2) is 0 Å². The highest BCUT2D eigenvalue weighted by molar-refractivity contribution is 6.29. The molecule has 1 N–H and O–H groups in total. The lowest BCUT2D eigenvalue weighted by atomic mass is 10.2. The van der Waals surface area contributed by atoms with Gasteiger partial charge >= 0.3 is 5.69 Å². The minimum absolute atomic E-state index is 0.0523. The summed E-state index contributed by atoms with van der Waals surface area (Å²) in [5.41, 5.74) is -0.774. The summed E-state index contributed by atoms with van der Waals surface area (Å²) in [5.74, 6) is 0. The number of rotatable bonds is 3. The van der Waals surface area contributed by atoms with Gasteiger partial charge in [0.25, 0.3) is 5.56 Å². The monoisotopic (exact) mass is 216 g/mol. The molecule has 1 aromatic rings. The van der Waals surface area contributed by atoms with Crippen LogP contribution >= 0.6 is 11.6 Å². The van der Waals surface area contributed by atoms with E-state index in [2.05, 4.69) is 4.98 Å². The largest absolute Gasteiger partial charge is 0.329 e. The van der Waals surface area contributed by atoms with E-state index < -0.39 is 5.69 Å². The lowest BCUT2D eigenvalue weighted by Gasteiger charge is -2.14. The van der Waals surface area contributed by atoms with Crippen LogP contribution in [0.2, 0.25) is 5.15 Å². The molecule has 1 heterocycles. The second-order valence-corrected chi connectivity index (χ2v) is 3.51. The van der Waals surface area contributed by atoms with Crippen molar-refractivity contribution in [2.75, 3.05) is 0 Å². The maximum absolute atomic E-state index is 11.5. The molecule has 14 heavy (non-hydrogen) atoms. The van der Waals surface area contributed by atoms with Crippen molar-refractivity contribution in [2.45, 2.75) is 32.7 Å². The third kappa shape index (κ3) is 2.07. The Morgan fingerprint density at radius 2 is 2.00 bits per heavy atom. The Labute approximate surface area is 86.5 Å². The van der Waals surface area contributed by atoms with E-state index in [-0.39, 0.29) is 16.8 Å².